The highest BCUT2D eigenvalue weighted by Crippen LogP contribution is 2.37. The zero-order valence-electron chi connectivity index (χ0n) is 17.4. The van der Waals surface area contributed by atoms with Crippen molar-refractivity contribution in [2.24, 2.45) is 0 Å². The Balaban J connectivity index is 1.35. The molecular weight excluding hydrogens is 425 g/mol. The molecule has 1 aromatic carbocycles. The third kappa shape index (κ3) is 4.48. The Morgan fingerprint density at radius 1 is 1.23 bits per heavy atom. The van der Waals surface area contributed by atoms with Crippen molar-refractivity contribution in [1.82, 2.24) is 24.7 Å². The predicted octanol–water partition coefficient (Wildman–Crippen LogP) is 1.41. The molecule has 168 valence electrons. The standard InChI is InChI=1S/C20H26FN5O4S/c1-15-23-19(24-30-15)20(7-2-3-8-20)22-14-18(27)25-9-11-26(12-10-25)31(28,29)17-6-4-5-16(21)13-17/h4-6,13,22H,2-3,7-12,14H2,1H3. The van der Waals surface area contributed by atoms with E-state index >= 15 is 0 Å². The summed E-state index contributed by atoms with van der Waals surface area (Å²) in [4.78, 5) is 18.7. The van der Waals surface area contributed by atoms with E-state index in [2.05, 4.69) is 15.5 Å². The van der Waals surface area contributed by atoms with Crippen LogP contribution in [-0.4, -0.2) is 66.4 Å². The van der Waals surface area contributed by atoms with Crippen molar-refractivity contribution >= 4 is 15.9 Å². The lowest BCUT2D eigenvalue weighted by Gasteiger charge is -2.35. The zero-order valence-corrected chi connectivity index (χ0v) is 18.2. The molecule has 1 N–H and O–H groups in total. The molecule has 1 aromatic heterocycles. The molecule has 2 aromatic rings. The minimum Gasteiger partial charge on any atom is -0.340 e. The molecule has 2 fully saturated rings. The Morgan fingerprint density at radius 2 is 1.94 bits per heavy atom. The van der Waals surface area contributed by atoms with Gasteiger partial charge in [-0.25, -0.2) is 12.8 Å². The first-order valence-corrected chi connectivity index (χ1v) is 11.8. The van der Waals surface area contributed by atoms with Gasteiger partial charge >= 0.3 is 0 Å². The van der Waals surface area contributed by atoms with Crippen LogP contribution in [0.4, 0.5) is 4.39 Å². The maximum absolute atomic E-state index is 13.4. The molecule has 4 rings (SSSR count). The smallest absolute Gasteiger partial charge is 0.243 e. The van der Waals surface area contributed by atoms with Crippen molar-refractivity contribution in [1.29, 1.82) is 0 Å². The number of amides is 1. The van der Waals surface area contributed by atoms with Crippen LogP contribution in [0.15, 0.2) is 33.7 Å². The molecule has 0 bridgehead atoms. The Morgan fingerprint density at radius 3 is 2.55 bits per heavy atom. The van der Waals surface area contributed by atoms with Gasteiger partial charge in [0.1, 0.15) is 5.82 Å². The fourth-order valence-electron chi connectivity index (χ4n) is 4.26. The molecule has 0 unspecified atom stereocenters. The summed E-state index contributed by atoms with van der Waals surface area (Å²) in [6.07, 6.45) is 3.70. The zero-order chi connectivity index (χ0) is 22.1. The molecule has 1 aliphatic heterocycles. The van der Waals surface area contributed by atoms with Crippen LogP contribution in [0, 0.1) is 12.7 Å². The van der Waals surface area contributed by atoms with E-state index in [9.17, 15) is 17.6 Å². The first-order valence-electron chi connectivity index (χ1n) is 10.4. The SMILES string of the molecule is Cc1nc(C2(NCC(=O)N3CCN(S(=O)(=O)c4cccc(F)c4)CC3)CCCC2)no1. The van der Waals surface area contributed by atoms with Gasteiger partial charge in [-0.1, -0.05) is 24.1 Å². The van der Waals surface area contributed by atoms with Crippen molar-refractivity contribution in [2.75, 3.05) is 32.7 Å². The number of rotatable bonds is 6. The van der Waals surface area contributed by atoms with Gasteiger partial charge in [-0.3, -0.25) is 10.1 Å². The largest absolute Gasteiger partial charge is 0.340 e. The molecule has 2 aliphatic rings. The maximum atomic E-state index is 13.4. The Labute approximate surface area is 180 Å². The summed E-state index contributed by atoms with van der Waals surface area (Å²) >= 11 is 0. The Bertz CT molecular complexity index is 1040. The molecular formula is C20H26FN5O4S. The fraction of sp³-hybridized carbons (Fsp3) is 0.550. The summed E-state index contributed by atoms with van der Waals surface area (Å²) in [6, 6.07) is 4.96. The quantitative estimate of drug-likeness (QED) is 0.707. The molecule has 1 saturated carbocycles. The molecule has 1 saturated heterocycles. The number of carbonyl (C=O) groups is 1. The molecule has 0 radical (unpaired) electrons. The molecule has 9 nitrogen and oxygen atoms in total. The predicted molar refractivity (Wildman–Crippen MR) is 109 cm³/mol. The molecule has 11 heteroatoms. The van der Waals surface area contributed by atoms with Gasteiger partial charge in [0.2, 0.25) is 21.8 Å². The first-order chi connectivity index (χ1) is 14.8. The number of hydrogen-bond acceptors (Lipinski definition) is 7. The van der Waals surface area contributed by atoms with Crippen molar-refractivity contribution in [3.63, 3.8) is 0 Å². The topological polar surface area (TPSA) is 109 Å². The van der Waals surface area contributed by atoms with Crippen LogP contribution in [0.1, 0.15) is 37.4 Å². The number of aromatic nitrogens is 2. The highest BCUT2D eigenvalue weighted by atomic mass is 32.2. The van der Waals surface area contributed by atoms with Gasteiger partial charge in [0.25, 0.3) is 0 Å². The second kappa shape index (κ2) is 8.64. The number of sulfonamides is 1. The van der Waals surface area contributed by atoms with Crippen molar-refractivity contribution in [2.45, 2.75) is 43.0 Å². The van der Waals surface area contributed by atoms with E-state index in [1.165, 1.54) is 22.5 Å². The molecule has 1 amide bonds. The summed E-state index contributed by atoms with van der Waals surface area (Å²) < 4.78 is 45.3. The van der Waals surface area contributed by atoms with Gasteiger partial charge in [0.05, 0.1) is 17.0 Å². The van der Waals surface area contributed by atoms with E-state index in [0.717, 1.165) is 31.7 Å². The lowest BCUT2D eigenvalue weighted by atomic mass is 9.96. The summed E-state index contributed by atoms with van der Waals surface area (Å²) in [5.74, 6) is 0.374. The average molecular weight is 452 g/mol. The molecule has 31 heavy (non-hydrogen) atoms. The summed E-state index contributed by atoms with van der Waals surface area (Å²) in [7, 11) is -3.79. The van der Waals surface area contributed by atoms with Crippen LogP contribution in [0.5, 0.6) is 0 Å². The molecule has 0 atom stereocenters. The van der Waals surface area contributed by atoms with E-state index in [1.807, 2.05) is 0 Å². The van der Waals surface area contributed by atoms with Crippen LogP contribution in [0.2, 0.25) is 0 Å². The van der Waals surface area contributed by atoms with E-state index in [0.29, 0.717) is 11.7 Å². The van der Waals surface area contributed by atoms with Crippen molar-refractivity contribution in [3.8, 4) is 0 Å². The third-order valence-electron chi connectivity index (χ3n) is 6.02. The first kappa shape index (κ1) is 21.8. The van der Waals surface area contributed by atoms with Gasteiger partial charge < -0.3 is 9.42 Å². The number of carbonyl (C=O) groups excluding carboxylic acids is 1. The Kier molecular flexibility index (Phi) is 6.09. The summed E-state index contributed by atoms with van der Waals surface area (Å²) in [5.41, 5.74) is -0.462. The second-order valence-electron chi connectivity index (χ2n) is 8.02. The fourth-order valence-corrected chi connectivity index (χ4v) is 5.72. The van der Waals surface area contributed by atoms with E-state index in [4.69, 9.17) is 4.52 Å². The van der Waals surface area contributed by atoms with E-state index in [1.54, 1.807) is 11.8 Å². The minimum absolute atomic E-state index is 0.0764. The number of hydrogen-bond donors (Lipinski definition) is 1. The van der Waals surface area contributed by atoms with Gasteiger partial charge in [-0.15, -0.1) is 0 Å². The number of halogens is 1. The number of nitrogens with one attached hydrogen (secondary N) is 1. The van der Waals surface area contributed by atoms with Crippen molar-refractivity contribution < 1.29 is 22.1 Å². The van der Waals surface area contributed by atoms with Gasteiger partial charge in [0.15, 0.2) is 5.82 Å². The normalized spacial score (nSPS) is 19.6. The number of benzene rings is 1. The summed E-state index contributed by atoms with van der Waals surface area (Å²) in [5, 5.41) is 7.40. The van der Waals surface area contributed by atoms with Crippen molar-refractivity contribution in [3.05, 3.63) is 41.8 Å². The maximum Gasteiger partial charge on any atom is 0.243 e. The summed E-state index contributed by atoms with van der Waals surface area (Å²) in [6.45, 7) is 2.75. The Hall–Kier alpha value is -2.37. The van der Waals surface area contributed by atoms with Gasteiger partial charge in [0, 0.05) is 33.1 Å². The average Bonchev–Trinajstić information content (AvgIpc) is 3.42. The number of piperazine rings is 1. The second-order valence-corrected chi connectivity index (χ2v) is 9.96. The van der Waals surface area contributed by atoms with Crippen LogP contribution in [0.3, 0.4) is 0 Å². The van der Waals surface area contributed by atoms with E-state index in [-0.39, 0.29) is 43.5 Å². The van der Waals surface area contributed by atoms with Crippen LogP contribution in [0.25, 0.3) is 0 Å². The molecule has 1 aliphatic carbocycles. The van der Waals surface area contributed by atoms with Crippen LogP contribution >= 0.6 is 0 Å². The lowest BCUT2D eigenvalue weighted by molar-refractivity contribution is -0.131. The third-order valence-corrected chi connectivity index (χ3v) is 7.91. The molecule has 2 heterocycles. The van der Waals surface area contributed by atoms with Gasteiger partial charge in [-0.2, -0.15) is 9.29 Å². The minimum atomic E-state index is -3.79. The number of aryl methyl sites for hydroxylation is 1. The number of nitrogens with zero attached hydrogens (tertiary/aromatic N) is 4. The van der Waals surface area contributed by atoms with Gasteiger partial charge in [-0.05, 0) is 31.0 Å². The monoisotopic (exact) mass is 451 g/mol. The van der Waals surface area contributed by atoms with Crippen LogP contribution < -0.4 is 5.32 Å². The lowest BCUT2D eigenvalue weighted by Crippen LogP contribution is -2.54. The highest BCUT2D eigenvalue weighted by molar-refractivity contribution is 7.89. The van der Waals surface area contributed by atoms with Crippen LogP contribution in [-0.2, 0) is 20.4 Å². The highest BCUT2D eigenvalue weighted by Gasteiger charge is 2.40. The molecule has 0 spiro atoms. The van der Waals surface area contributed by atoms with E-state index < -0.39 is 21.4 Å².